The molecule has 0 amide bonds. The van der Waals surface area contributed by atoms with E-state index in [9.17, 15) is 9.90 Å². The van der Waals surface area contributed by atoms with Crippen molar-refractivity contribution in [1.82, 2.24) is 15.0 Å². The molecule has 2 aromatic heterocycles. The molecule has 7 nitrogen and oxygen atoms in total. The fourth-order valence-electron chi connectivity index (χ4n) is 2.13. The van der Waals surface area contributed by atoms with E-state index < -0.39 is 5.63 Å². The average Bonchev–Trinajstić information content (AvgIpc) is 2.94. The molecule has 0 aliphatic carbocycles. The molecule has 0 bridgehead atoms. The standard InChI is InChI=1S/C14H13N3O4/c1-20-12-4-2-3-9-5-10(14(19)21-13(9)12)7-17-11(8-18)6-15-16-17/h2-6,18H,7-8H2,1H3. The summed E-state index contributed by atoms with van der Waals surface area (Å²) in [7, 11) is 1.52. The van der Waals surface area contributed by atoms with Crippen molar-refractivity contribution in [3.8, 4) is 5.75 Å². The molecule has 1 N–H and O–H groups in total. The number of para-hydroxylation sites is 1. The molecular weight excluding hydrogens is 274 g/mol. The van der Waals surface area contributed by atoms with Crippen molar-refractivity contribution in [2.75, 3.05) is 7.11 Å². The van der Waals surface area contributed by atoms with Gasteiger partial charge in [0.1, 0.15) is 0 Å². The molecule has 0 saturated heterocycles. The summed E-state index contributed by atoms with van der Waals surface area (Å²) in [6.45, 7) is -0.00882. The molecule has 1 aromatic carbocycles. The maximum Gasteiger partial charge on any atom is 0.341 e. The second-order valence-corrected chi connectivity index (χ2v) is 4.48. The largest absolute Gasteiger partial charge is 0.493 e. The number of fused-ring (bicyclic) bond motifs is 1. The average molecular weight is 287 g/mol. The van der Waals surface area contributed by atoms with Crippen LogP contribution < -0.4 is 10.4 Å². The minimum absolute atomic E-state index is 0.186. The van der Waals surface area contributed by atoms with Gasteiger partial charge in [0.25, 0.3) is 0 Å². The smallest absolute Gasteiger partial charge is 0.341 e. The number of benzene rings is 1. The van der Waals surface area contributed by atoms with Crippen LogP contribution in [0.2, 0.25) is 0 Å². The van der Waals surface area contributed by atoms with E-state index in [2.05, 4.69) is 10.3 Å². The third-order valence-electron chi connectivity index (χ3n) is 3.20. The minimum Gasteiger partial charge on any atom is -0.493 e. The van der Waals surface area contributed by atoms with Gasteiger partial charge in [0, 0.05) is 5.39 Å². The normalized spacial score (nSPS) is 11.0. The molecule has 0 aliphatic heterocycles. The van der Waals surface area contributed by atoms with Crippen LogP contribution in [-0.2, 0) is 13.2 Å². The zero-order valence-corrected chi connectivity index (χ0v) is 11.3. The molecule has 0 atom stereocenters. The van der Waals surface area contributed by atoms with Gasteiger partial charge in [-0.25, -0.2) is 9.48 Å². The summed E-state index contributed by atoms with van der Waals surface area (Å²) in [5.74, 6) is 0.507. The van der Waals surface area contributed by atoms with Crippen LogP contribution in [0.1, 0.15) is 11.3 Å². The Bertz CT molecular complexity index is 838. The van der Waals surface area contributed by atoms with Crippen molar-refractivity contribution in [2.45, 2.75) is 13.2 Å². The van der Waals surface area contributed by atoms with Crippen molar-refractivity contribution >= 4 is 11.0 Å². The molecule has 3 aromatic rings. The predicted octanol–water partition coefficient (Wildman–Crippen LogP) is 0.934. The fraction of sp³-hybridized carbons (Fsp3) is 0.214. The Morgan fingerprint density at radius 3 is 3.05 bits per heavy atom. The summed E-state index contributed by atoms with van der Waals surface area (Å²) in [4.78, 5) is 12.1. The summed E-state index contributed by atoms with van der Waals surface area (Å²) in [5.41, 5.74) is 0.900. The van der Waals surface area contributed by atoms with E-state index in [0.29, 0.717) is 22.6 Å². The number of hydrogen-bond donors (Lipinski definition) is 1. The highest BCUT2D eigenvalue weighted by Crippen LogP contribution is 2.24. The molecule has 0 spiro atoms. The van der Waals surface area contributed by atoms with Crippen LogP contribution in [0.3, 0.4) is 0 Å². The van der Waals surface area contributed by atoms with E-state index in [1.807, 2.05) is 12.1 Å². The molecule has 21 heavy (non-hydrogen) atoms. The van der Waals surface area contributed by atoms with Gasteiger partial charge in [0.15, 0.2) is 11.3 Å². The number of hydrogen-bond acceptors (Lipinski definition) is 6. The number of ether oxygens (including phenoxy) is 1. The van der Waals surface area contributed by atoms with Crippen LogP contribution in [0, 0.1) is 0 Å². The Morgan fingerprint density at radius 2 is 2.29 bits per heavy atom. The summed E-state index contributed by atoms with van der Waals surface area (Å²) >= 11 is 0. The number of methoxy groups -OCH3 is 1. The Hall–Kier alpha value is -2.67. The molecule has 0 aliphatic rings. The second-order valence-electron chi connectivity index (χ2n) is 4.48. The number of aromatic nitrogens is 3. The van der Waals surface area contributed by atoms with Gasteiger partial charge in [0.2, 0.25) is 0 Å². The van der Waals surface area contributed by atoms with Gasteiger partial charge in [-0.15, -0.1) is 5.10 Å². The van der Waals surface area contributed by atoms with Crippen molar-refractivity contribution in [1.29, 1.82) is 0 Å². The number of aliphatic hydroxyl groups excluding tert-OH is 1. The van der Waals surface area contributed by atoms with Crippen molar-refractivity contribution in [3.63, 3.8) is 0 Å². The van der Waals surface area contributed by atoms with Gasteiger partial charge >= 0.3 is 5.63 Å². The SMILES string of the molecule is COc1cccc2cc(Cn3nncc3CO)c(=O)oc12. The molecule has 0 unspecified atom stereocenters. The molecule has 0 radical (unpaired) electrons. The third kappa shape index (κ3) is 2.38. The first-order chi connectivity index (χ1) is 10.2. The minimum atomic E-state index is -0.466. The van der Waals surface area contributed by atoms with Crippen LogP contribution in [0.25, 0.3) is 11.0 Å². The highest BCUT2D eigenvalue weighted by molar-refractivity contribution is 5.82. The predicted molar refractivity (Wildman–Crippen MR) is 74.1 cm³/mol. The summed E-state index contributed by atoms with van der Waals surface area (Å²) in [5, 5.41) is 17.5. The molecule has 3 rings (SSSR count). The first-order valence-electron chi connectivity index (χ1n) is 6.31. The van der Waals surface area contributed by atoms with Crippen molar-refractivity contribution < 1.29 is 14.3 Å². The maximum atomic E-state index is 12.1. The van der Waals surface area contributed by atoms with Gasteiger partial charge in [-0.2, -0.15) is 0 Å². The highest BCUT2D eigenvalue weighted by Gasteiger charge is 2.11. The van der Waals surface area contributed by atoms with Crippen LogP contribution in [0.15, 0.2) is 39.7 Å². The van der Waals surface area contributed by atoms with E-state index in [1.54, 1.807) is 12.1 Å². The van der Waals surface area contributed by atoms with Gasteiger partial charge in [0.05, 0.1) is 37.7 Å². The van der Waals surface area contributed by atoms with Crippen molar-refractivity contribution in [3.05, 3.63) is 52.1 Å². The van der Waals surface area contributed by atoms with Crippen LogP contribution >= 0.6 is 0 Å². The lowest BCUT2D eigenvalue weighted by Gasteiger charge is -2.06. The molecule has 0 fully saturated rings. The number of nitrogens with zero attached hydrogens (tertiary/aromatic N) is 3. The quantitative estimate of drug-likeness (QED) is 0.718. The molecule has 7 heteroatoms. The van der Waals surface area contributed by atoms with Gasteiger partial charge < -0.3 is 14.3 Å². The first-order valence-corrected chi connectivity index (χ1v) is 6.31. The Kier molecular flexibility index (Phi) is 3.41. The number of rotatable bonds is 4. The Morgan fingerprint density at radius 1 is 1.43 bits per heavy atom. The van der Waals surface area contributed by atoms with E-state index in [0.717, 1.165) is 5.39 Å². The molecule has 2 heterocycles. The van der Waals surface area contributed by atoms with E-state index in [1.165, 1.54) is 18.0 Å². The summed E-state index contributed by atoms with van der Waals surface area (Å²) in [6, 6.07) is 7.11. The highest BCUT2D eigenvalue weighted by atomic mass is 16.5. The zero-order valence-electron chi connectivity index (χ0n) is 11.3. The molecular formula is C14H13N3O4. The lowest BCUT2D eigenvalue weighted by atomic mass is 10.1. The van der Waals surface area contributed by atoms with Crippen LogP contribution in [0.4, 0.5) is 0 Å². The van der Waals surface area contributed by atoms with Crippen LogP contribution in [-0.4, -0.2) is 27.2 Å². The van der Waals surface area contributed by atoms with Crippen LogP contribution in [0.5, 0.6) is 5.75 Å². The second kappa shape index (κ2) is 5.37. The number of aliphatic hydroxyl groups is 1. The van der Waals surface area contributed by atoms with Gasteiger partial charge in [-0.05, 0) is 12.1 Å². The van der Waals surface area contributed by atoms with Crippen molar-refractivity contribution in [2.24, 2.45) is 0 Å². The Labute approximate surface area is 119 Å². The molecule has 108 valence electrons. The van der Waals surface area contributed by atoms with E-state index in [-0.39, 0.29) is 13.2 Å². The van der Waals surface area contributed by atoms with E-state index >= 15 is 0 Å². The molecule has 0 saturated carbocycles. The zero-order chi connectivity index (χ0) is 14.8. The summed E-state index contributed by atoms with van der Waals surface area (Å²) in [6.07, 6.45) is 1.45. The lowest BCUT2D eigenvalue weighted by molar-refractivity contribution is 0.269. The monoisotopic (exact) mass is 287 g/mol. The lowest BCUT2D eigenvalue weighted by Crippen LogP contribution is -2.14. The Balaban J connectivity index is 2.08. The van der Waals surface area contributed by atoms with Gasteiger partial charge in [-0.1, -0.05) is 17.3 Å². The first kappa shape index (κ1) is 13.3. The van der Waals surface area contributed by atoms with Gasteiger partial charge in [-0.3, -0.25) is 0 Å². The fourth-order valence-corrected chi connectivity index (χ4v) is 2.13. The summed E-state index contributed by atoms with van der Waals surface area (Å²) < 4.78 is 12.0. The third-order valence-corrected chi connectivity index (χ3v) is 3.20. The maximum absolute atomic E-state index is 12.1. The topological polar surface area (TPSA) is 90.4 Å². The van der Waals surface area contributed by atoms with E-state index in [4.69, 9.17) is 9.15 Å².